The molecule has 3 rings (SSSR count). The van der Waals surface area contributed by atoms with E-state index in [9.17, 15) is 19.6 Å². The van der Waals surface area contributed by atoms with Crippen LogP contribution in [0.3, 0.4) is 0 Å². The van der Waals surface area contributed by atoms with Gasteiger partial charge in [0.1, 0.15) is 23.2 Å². The average Bonchev–Trinajstić information content (AvgIpc) is 2.64. The summed E-state index contributed by atoms with van der Waals surface area (Å²) >= 11 is 0. The maximum atomic E-state index is 14.0. The molecule has 1 unspecified atom stereocenters. The Hall–Kier alpha value is -3.04. The van der Waals surface area contributed by atoms with Crippen molar-refractivity contribution in [1.29, 1.82) is 5.26 Å². The predicted molar refractivity (Wildman–Crippen MR) is 97.1 cm³/mol. The monoisotopic (exact) mass is 366 g/mol. The fourth-order valence-electron chi connectivity index (χ4n) is 3.55. The lowest BCUT2D eigenvalue weighted by atomic mass is 9.68. The summed E-state index contributed by atoms with van der Waals surface area (Å²) in [7, 11) is 1.48. The van der Waals surface area contributed by atoms with Crippen molar-refractivity contribution in [3.8, 4) is 22.9 Å². The first-order valence-electron chi connectivity index (χ1n) is 8.41. The van der Waals surface area contributed by atoms with Crippen LogP contribution in [-0.2, 0) is 15.1 Å². The summed E-state index contributed by atoms with van der Waals surface area (Å²) in [6, 6.07) is 9.55. The second-order valence-corrected chi connectivity index (χ2v) is 7.25. The van der Waals surface area contributed by atoms with E-state index in [0.29, 0.717) is 16.8 Å². The zero-order valence-corrected chi connectivity index (χ0v) is 15.3. The highest BCUT2D eigenvalue weighted by molar-refractivity contribution is 6.04. The molecule has 5 nitrogen and oxygen atoms in total. The van der Waals surface area contributed by atoms with Crippen LogP contribution in [-0.4, -0.2) is 23.0 Å². The number of aromatic nitrogens is 1. The minimum absolute atomic E-state index is 0.00381. The Balaban J connectivity index is 2.28. The summed E-state index contributed by atoms with van der Waals surface area (Å²) in [5.74, 6) is -0.697. The van der Waals surface area contributed by atoms with Crippen LogP contribution in [0, 0.1) is 22.6 Å². The normalized spacial score (nSPS) is 21.4. The van der Waals surface area contributed by atoms with Crippen molar-refractivity contribution < 1.29 is 19.0 Å². The van der Waals surface area contributed by atoms with Crippen LogP contribution < -0.4 is 0 Å². The first kappa shape index (κ1) is 18.7. The van der Waals surface area contributed by atoms with Crippen LogP contribution in [0.5, 0.6) is 5.75 Å². The number of ether oxygens (including phenoxy) is 1. The number of phenolic OH excluding ortho intramolecular Hbond substituents is 1. The van der Waals surface area contributed by atoms with Crippen molar-refractivity contribution in [3.63, 3.8) is 0 Å². The molecule has 1 atom stereocenters. The highest BCUT2D eigenvalue weighted by Gasteiger charge is 2.48. The number of allylic oxidation sites excluding steroid dienone is 1. The summed E-state index contributed by atoms with van der Waals surface area (Å²) in [5.41, 5.74) is -0.508. The Bertz CT molecular complexity index is 974. The van der Waals surface area contributed by atoms with Gasteiger partial charge in [-0.05, 0) is 36.3 Å². The van der Waals surface area contributed by atoms with Gasteiger partial charge in [-0.3, -0.25) is 9.78 Å². The number of nitriles is 1. The Labute approximate surface area is 156 Å². The van der Waals surface area contributed by atoms with Gasteiger partial charge in [-0.15, -0.1) is 0 Å². The zero-order valence-electron chi connectivity index (χ0n) is 15.3. The van der Waals surface area contributed by atoms with Gasteiger partial charge >= 0.3 is 0 Å². The van der Waals surface area contributed by atoms with Crippen LogP contribution >= 0.6 is 0 Å². The van der Waals surface area contributed by atoms with E-state index in [0.717, 1.165) is 6.20 Å². The van der Waals surface area contributed by atoms with Crippen LogP contribution in [0.2, 0.25) is 0 Å². The minimum Gasteiger partial charge on any atom is -0.508 e. The molecule has 2 aromatic rings. The lowest BCUT2D eigenvalue weighted by molar-refractivity contribution is -0.128. The highest BCUT2D eigenvalue weighted by atomic mass is 19.1. The molecule has 0 aliphatic heterocycles. The average molecular weight is 366 g/mol. The number of phenols is 1. The van der Waals surface area contributed by atoms with Crippen molar-refractivity contribution in [1.82, 2.24) is 4.98 Å². The number of pyridine rings is 1. The number of Topliss-reactive ketones (excluding diaryl/α,β-unsaturated/α-hetero) is 1. The molecule has 0 amide bonds. The van der Waals surface area contributed by atoms with Gasteiger partial charge in [0.05, 0.1) is 17.5 Å². The number of methoxy groups -OCH3 is 1. The van der Waals surface area contributed by atoms with Crippen LogP contribution in [0.15, 0.2) is 48.2 Å². The molecular weight excluding hydrogens is 347 g/mol. The molecule has 138 valence electrons. The van der Waals surface area contributed by atoms with Crippen LogP contribution in [0.1, 0.15) is 26.0 Å². The number of hydrogen-bond acceptors (Lipinski definition) is 5. The lowest BCUT2D eigenvalue weighted by Crippen LogP contribution is -2.42. The fraction of sp³-hybridized carbons (Fsp3) is 0.286. The van der Waals surface area contributed by atoms with Crippen molar-refractivity contribution >= 4 is 5.78 Å². The van der Waals surface area contributed by atoms with Crippen molar-refractivity contribution in [3.05, 3.63) is 59.7 Å². The SMILES string of the molecule is COC1(c2ncc(F)cc2-c2ccc(O)cc2)C=C(C#N)C(=O)C(C)(C)C1. The smallest absolute Gasteiger partial charge is 0.178 e. The third-order valence-electron chi connectivity index (χ3n) is 4.86. The molecule has 0 radical (unpaired) electrons. The molecule has 27 heavy (non-hydrogen) atoms. The number of aromatic hydroxyl groups is 1. The molecule has 1 heterocycles. The molecule has 1 aromatic carbocycles. The standard InChI is InChI=1S/C21H19FN2O3/c1-20(2)12-21(27-3,9-14(10-23)19(20)26)18-17(8-15(22)11-24-18)13-4-6-16(25)7-5-13/h4-9,11,25H,12H2,1-3H3. The lowest BCUT2D eigenvalue weighted by Gasteiger charge is -2.40. The molecule has 1 aromatic heterocycles. The Morgan fingerprint density at radius 2 is 1.96 bits per heavy atom. The molecule has 0 bridgehead atoms. The second kappa shape index (κ2) is 6.60. The summed E-state index contributed by atoms with van der Waals surface area (Å²) in [4.78, 5) is 16.8. The van der Waals surface area contributed by atoms with Gasteiger partial charge in [0.15, 0.2) is 5.78 Å². The number of rotatable bonds is 3. The summed E-state index contributed by atoms with van der Waals surface area (Å²) in [6.07, 6.45) is 2.82. The Kier molecular flexibility index (Phi) is 4.58. The minimum atomic E-state index is -1.16. The van der Waals surface area contributed by atoms with E-state index in [2.05, 4.69) is 4.98 Å². The first-order valence-corrected chi connectivity index (χ1v) is 8.41. The molecular formula is C21H19FN2O3. The number of nitrogens with zero attached hydrogens (tertiary/aromatic N) is 2. The van der Waals surface area contributed by atoms with Gasteiger partial charge in [0.25, 0.3) is 0 Å². The fourth-order valence-corrected chi connectivity index (χ4v) is 3.55. The Morgan fingerprint density at radius 1 is 1.30 bits per heavy atom. The summed E-state index contributed by atoms with van der Waals surface area (Å²) in [5, 5.41) is 19.0. The molecule has 1 aliphatic rings. The summed E-state index contributed by atoms with van der Waals surface area (Å²) in [6.45, 7) is 3.49. The van der Waals surface area contributed by atoms with E-state index in [4.69, 9.17) is 4.74 Å². The van der Waals surface area contributed by atoms with Gasteiger partial charge in [-0.1, -0.05) is 26.0 Å². The van der Waals surface area contributed by atoms with E-state index in [1.807, 2.05) is 6.07 Å². The predicted octanol–water partition coefficient (Wildman–Crippen LogP) is 3.88. The number of hydrogen-bond donors (Lipinski definition) is 1. The second-order valence-electron chi connectivity index (χ2n) is 7.25. The number of benzene rings is 1. The molecule has 0 saturated carbocycles. The van der Waals surface area contributed by atoms with Gasteiger partial charge in [0.2, 0.25) is 0 Å². The van der Waals surface area contributed by atoms with Gasteiger partial charge in [-0.25, -0.2) is 4.39 Å². The van der Waals surface area contributed by atoms with Crippen LogP contribution in [0.25, 0.3) is 11.1 Å². The molecule has 1 aliphatic carbocycles. The van der Waals surface area contributed by atoms with Crippen molar-refractivity contribution in [2.45, 2.75) is 25.9 Å². The molecule has 6 heteroatoms. The van der Waals surface area contributed by atoms with Crippen molar-refractivity contribution in [2.24, 2.45) is 5.41 Å². The molecule has 0 fully saturated rings. The topological polar surface area (TPSA) is 83.2 Å². The van der Waals surface area contributed by atoms with E-state index in [1.54, 1.807) is 26.0 Å². The number of ketones is 1. The number of halogens is 1. The van der Waals surface area contributed by atoms with Crippen LogP contribution in [0.4, 0.5) is 4.39 Å². The van der Waals surface area contributed by atoms with E-state index >= 15 is 0 Å². The quantitative estimate of drug-likeness (QED) is 0.891. The van der Waals surface area contributed by atoms with Gasteiger partial charge in [-0.2, -0.15) is 5.26 Å². The maximum absolute atomic E-state index is 14.0. The first-order chi connectivity index (χ1) is 12.7. The largest absolute Gasteiger partial charge is 0.508 e. The highest BCUT2D eigenvalue weighted by Crippen LogP contribution is 2.47. The molecule has 0 saturated heterocycles. The van der Waals surface area contributed by atoms with Gasteiger partial charge in [0, 0.05) is 18.1 Å². The van der Waals surface area contributed by atoms with Gasteiger partial charge < -0.3 is 9.84 Å². The Morgan fingerprint density at radius 3 is 2.56 bits per heavy atom. The zero-order chi connectivity index (χ0) is 19.8. The van der Waals surface area contributed by atoms with E-state index in [1.165, 1.54) is 31.4 Å². The van der Waals surface area contributed by atoms with E-state index < -0.39 is 16.8 Å². The number of carbonyl (C=O) groups excluding carboxylic acids is 1. The third kappa shape index (κ3) is 3.22. The number of carbonyl (C=O) groups is 1. The summed E-state index contributed by atoms with van der Waals surface area (Å²) < 4.78 is 19.8. The third-order valence-corrected chi connectivity index (χ3v) is 4.86. The van der Waals surface area contributed by atoms with E-state index in [-0.39, 0.29) is 23.5 Å². The molecule has 0 spiro atoms. The maximum Gasteiger partial charge on any atom is 0.178 e. The van der Waals surface area contributed by atoms with Crippen molar-refractivity contribution in [2.75, 3.05) is 7.11 Å². The molecule has 1 N–H and O–H groups in total.